The Kier molecular flexibility index (Phi) is 4.60. The molecular formula is C15H15Cl2N3O. The highest BCUT2D eigenvalue weighted by Gasteiger charge is 2.13. The number of carbonyl (C=O) groups is 1. The van der Waals surface area contributed by atoms with Crippen LogP contribution in [-0.2, 0) is 0 Å². The maximum atomic E-state index is 12.3. The molecule has 0 aromatic heterocycles. The maximum Gasteiger partial charge on any atom is 0.255 e. The first kappa shape index (κ1) is 15.5. The summed E-state index contributed by atoms with van der Waals surface area (Å²) in [6.07, 6.45) is 0. The third-order valence-corrected chi connectivity index (χ3v) is 3.59. The molecule has 0 atom stereocenters. The second-order valence-electron chi connectivity index (χ2n) is 4.72. The van der Waals surface area contributed by atoms with Crippen molar-refractivity contribution in [3.63, 3.8) is 0 Å². The van der Waals surface area contributed by atoms with Crippen molar-refractivity contribution in [3.05, 3.63) is 52.0 Å². The number of anilines is 3. The molecule has 6 heteroatoms. The SMILES string of the molecule is CN(C)c1c(Cl)cccc1NC(=O)c1ccc(Cl)c(N)c1. The molecule has 110 valence electrons. The van der Waals surface area contributed by atoms with E-state index in [9.17, 15) is 4.79 Å². The van der Waals surface area contributed by atoms with Crippen molar-refractivity contribution < 1.29 is 4.79 Å². The van der Waals surface area contributed by atoms with Gasteiger partial charge in [0.05, 0.1) is 27.1 Å². The quantitative estimate of drug-likeness (QED) is 0.842. The Balaban J connectivity index is 2.31. The van der Waals surface area contributed by atoms with Gasteiger partial charge in [-0.2, -0.15) is 0 Å². The van der Waals surface area contributed by atoms with Gasteiger partial charge < -0.3 is 16.0 Å². The molecule has 0 unspecified atom stereocenters. The summed E-state index contributed by atoms with van der Waals surface area (Å²) in [6.45, 7) is 0. The first-order valence-corrected chi connectivity index (χ1v) is 6.98. The van der Waals surface area contributed by atoms with Gasteiger partial charge in [-0.3, -0.25) is 4.79 Å². The summed E-state index contributed by atoms with van der Waals surface area (Å²) in [5.74, 6) is -0.274. The van der Waals surface area contributed by atoms with Gasteiger partial charge in [-0.15, -0.1) is 0 Å². The molecule has 21 heavy (non-hydrogen) atoms. The molecule has 0 spiro atoms. The van der Waals surface area contributed by atoms with E-state index in [2.05, 4.69) is 5.32 Å². The number of hydrogen-bond donors (Lipinski definition) is 2. The minimum absolute atomic E-state index is 0.274. The predicted octanol–water partition coefficient (Wildman–Crippen LogP) is 3.89. The van der Waals surface area contributed by atoms with Gasteiger partial charge in [0.2, 0.25) is 0 Å². The molecule has 0 radical (unpaired) electrons. The number of nitrogens with zero attached hydrogens (tertiary/aromatic N) is 1. The van der Waals surface area contributed by atoms with E-state index in [4.69, 9.17) is 28.9 Å². The molecule has 0 heterocycles. The zero-order valence-electron chi connectivity index (χ0n) is 11.7. The van der Waals surface area contributed by atoms with Gasteiger partial charge in [0.1, 0.15) is 0 Å². The number of halogens is 2. The van der Waals surface area contributed by atoms with Crippen LogP contribution >= 0.6 is 23.2 Å². The van der Waals surface area contributed by atoms with Crippen LogP contribution in [0.5, 0.6) is 0 Å². The number of para-hydroxylation sites is 1. The Bertz CT molecular complexity index is 687. The fourth-order valence-corrected chi connectivity index (χ4v) is 2.41. The number of nitrogens with one attached hydrogen (secondary N) is 1. The van der Waals surface area contributed by atoms with Crippen molar-refractivity contribution in [2.45, 2.75) is 0 Å². The van der Waals surface area contributed by atoms with E-state index in [1.165, 1.54) is 6.07 Å². The summed E-state index contributed by atoms with van der Waals surface area (Å²) in [5.41, 5.74) is 7.88. The van der Waals surface area contributed by atoms with Crippen molar-refractivity contribution in [2.75, 3.05) is 30.0 Å². The summed E-state index contributed by atoms with van der Waals surface area (Å²) in [4.78, 5) is 14.1. The highest BCUT2D eigenvalue weighted by Crippen LogP contribution is 2.32. The van der Waals surface area contributed by atoms with Crippen LogP contribution < -0.4 is 16.0 Å². The molecule has 2 aromatic carbocycles. The highest BCUT2D eigenvalue weighted by atomic mass is 35.5. The van der Waals surface area contributed by atoms with E-state index in [0.717, 1.165) is 5.69 Å². The summed E-state index contributed by atoms with van der Waals surface area (Å²) in [5, 5.41) is 3.82. The lowest BCUT2D eigenvalue weighted by Crippen LogP contribution is -2.17. The van der Waals surface area contributed by atoms with Crippen LogP contribution in [0.15, 0.2) is 36.4 Å². The van der Waals surface area contributed by atoms with Gasteiger partial charge in [0.15, 0.2) is 0 Å². The van der Waals surface area contributed by atoms with E-state index in [-0.39, 0.29) is 5.91 Å². The maximum absolute atomic E-state index is 12.3. The molecule has 0 aliphatic heterocycles. The van der Waals surface area contributed by atoms with Crippen molar-refractivity contribution in [2.24, 2.45) is 0 Å². The molecule has 0 aliphatic rings. The second-order valence-corrected chi connectivity index (χ2v) is 5.54. The molecule has 1 amide bonds. The van der Waals surface area contributed by atoms with Crippen LogP contribution in [0.25, 0.3) is 0 Å². The van der Waals surface area contributed by atoms with Gasteiger partial charge in [-0.1, -0.05) is 29.3 Å². The number of amides is 1. The molecule has 2 aromatic rings. The van der Waals surface area contributed by atoms with Crippen LogP contribution in [0.1, 0.15) is 10.4 Å². The molecule has 0 saturated heterocycles. The lowest BCUT2D eigenvalue weighted by atomic mass is 10.1. The van der Waals surface area contributed by atoms with Gasteiger partial charge in [-0.05, 0) is 30.3 Å². The van der Waals surface area contributed by atoms with Gasteiger partial charge in [0.25, 0.3) is 5.91 Å². The first-order chi connectivity index (χ1) is 9.90. The van der Waals surface area contributed by atoms with Crippen LogP contribution in [0.2, 0.25) is 10.0 Å². The van der Waals surface area contributed by atoms with Crippen LogP contribution in [0, 0.1) is 0 Å². The molecule has 0 saturated carbocycles. The molecule has 4 nitrogen and oxygen atoms in total. The highest BCUT2D eigenvalue weighted by molar-refractivity contribution is 6.34. The molecular weight excluding hydrogens is 309 g/mol. The lowest BCUT2D eigenvalue weighted by Gasteiger charge is -2.19. The number of nitrogens with two attached hydrogens (primary N) is 1. The number of nitrogen functional groups attached to an aromatic ring is 1. The zero-order valence-corrected chi connectivity index (χ0v) is 13.2. The third kappa shape index (κ3) is 3.40. The smallest absolute Gasteiger partial charge is 0.255 e. The van der Waals surface area contributed by atoms with Crippen molar-refractivity contribution in [3.8, 4) is 0 Å². The largest absolute Gasteiger partial charge is 0.398 e. The Hall–Kier alpha value is -1.91. The number of carbonyl (C=O) groups excluding carboxylic acids is 1. The minimum atomic E-state index is -0.274. The van der Waals surface area contributed by atoms with Crippen LogP contribution in [0.4, 0.5) is 17.1 Å². The Morgan fingerprint density at radius 3 is 2.48 bits per heavy atom. The predicted molar refractivity (Wildman–Crippen MR) is 89.6 cm³/mol. The van der Waals surface area contributed by atoms with Crippen LogP contribution in [0.3, 0.4) is 0 Å². The van der Waals surface area contributed by atoms with E-state index in [1.807, 2.05) is 19.0 Å². The van der Waals surface area contributed by atoms with E-state index in [1.54, 1.807) is 30.3 Å². The molecule has 2 rings (SSSR count). The number of hydrogen-bond acceptors (Lipinski definition) is 3. The van der Waals surface area contributed by atoms with Crippen molar-refractivity contribution in [1.82, 2.24) is 0 Å². The summed E-state index contributed by atoms with van der Waals surface area (Å²) in [6, 6.07) is 10.1. The van der Waals surface area contributed by atoms with Crippen molar-refractivity contribution >= 4 is 46.2 Å². The second kappa shape index (κ2) is 6.24. The summed E-state index contributed by atoms with van der Waals surface area (Å²) >= 11 is 12.0. The zero-order chi connectivity index (χ0) is 15.6. The van der Waals surface area contributed by atoms with Crippen molar-refractivity contribution in [1.29, 1.82) is 0 Å². The Morgan fingerprint density at radius 1 is 1.14 bits per heavy atom. The lowest BCUT2D eigenvalue weighted by molar-refractivity contribution is 0.102. The monoisotopic (exact) mass is 323 g/mol. The van der Waals surface area contributed by atoms with E-state index in [0.29, 0.717) is 27.0 Å². The third-order valence-electron chi connectivity index (χ3n) is 2.94. The number of benzene rings is 2. The van der Waals surface area contributed by atoms with E-state index < -0.39 is 0 Å². The summed E-state index contributed by atoms with van der Waals surface area (Å²) in [7, 11) is 3.72. The topological polar surface area (TPSA) is 58.4 Å². The first-order valence-electron chi connectivity index (χ1n) is 6.22. The normalized spacial score (nSPS) is 10.3. The molecule has 0 fully saturated rings. The fourth-order valence-electron chi connectivity index (χ4n) is 1.95. The standard InChI is InChI=1S/C15H15Cl2N3O/c1-20(2)14-11(17)4-3-5-13(14)19-15(21)9-6-7-10(16)12(18)8-9/h3-8H,18H2,1-2H3,(H,19,21). The van der Waals surface area contributed by atoms with Gasteiger partial charge in [-0.25, -0.2) is 0 Å². The van der Waals surface area contributed by atoms with Gasteiger partial charge >= 0.3 is 0 Å². The van der Waals surface area contributed by atoms with Gasteiger partial charge in [0, 0.05) is 19.7 Å². The molecule has 0 bridgehead atoms. The summed E-state index contributed by atoms with van der Waals surface area (Å²) < 4.78 is 0. The van der Waals surface area contributed by atoms with E-state index >= 15 is 0 Å². The average Bonchev–Trinajstić information content (AvgIpc) is 2.41. The number of rotatable bonds is 3. The Labute approximate surface area is 133 Å². The van der Waals surface area contributed by atoms with Crippen LogP contribution in [-0.4, -0.2) is 20.0 Å². The minimum Gasteiger partial charge on any atom is -0.398 e. The average molecular weight is 324 g/mol. The Morgan fingerprint density at radius 2 is 1.86 bits per heavy atom. The molecule has 0 aliphatic carbocycles. The molecule has 3 N–H and O–H groups in total. The fraction of sp³-hybridized carbons (Fsp3) is 0.133.